The molecule has 10 nitrogen and oxygen atoms in total. The quantitative estimate of drug-likeness (QED) is 0.0914. The van der Waals surface area contributed by atoms with E-state index in [0.29, 0.717) is 56.4 Å². The Kier molecular flexibility index (Phi) is 12.0. The van der Waals surface area contributed by atoms with Crippen molar-refractivity contribution >= 4 is 11.8 Å². The van der Waals surface area contributed by atoms with E-state index in [-0.39, 0.29) is 0 Å². The Morgan fingerprint density at radius 3 is 0.893 bits per heavy atom. The summed E-state index contributed by atoms with van der Waals surface area (Å²) in [5.41, 5.74) is -1.93. The van der Waals surface area contributed by atoms with Crippen LogP contribution >= 0.6 is 0 Å². The predicted molar refractivity (Wildman–Crippen MR) is 213 cm³/mol. The van der Waals surface area contributed by atoms with Gasteiger partial charge in [-0.25, -0.2) is 0 Å². The van der Waals surface area contributed by atoms with Crippen LogP contribution in [0.4, 0.5) is 0 Å². The van der Waals surface area contributed by atoms with Crippen LogP contribution in [0.1, 0.15) is 45.5 Å². The molecule has 0 unspecified atom stereocenters. The lowest BCUT2D eigenvalue weighted by atomic mass is 9.76. The Bertz CT molecular complexity index is 2010. The first kappa shape index (κ1) is 39.1. The minimum Gasteiger partial charge on any atom is -0.496 e. The van der Waals surface area contributed by atoms with Crippen LogP contribution in [0.15, 0.2) is 158 Å². The molecule has 6 aromatic carbocycles. The van der Waals surface area contributed by atoms with Crippen LogP contribution in [0.2, 0.25) is 0 Å². The molecule has 0 bridgehead atoms. The van der Waals surface area contributed by atoms with Crippen molar-refractivity contribution in [3.63, 3.8) is 0 Å². The van der Waals surface area contributed by atoms with Gasteiger partial charge in [0.1, 0.15) is 34.2 Å². The Labute approximate surface area is 326 Å². The monoisotopic (exact) mass is 752 g/mol. The largest absolute Gasteiger partial charge is 0.496 e. The summed E-state index contributed by atoms with van der Waals surface area (Å²) in [4.78, 5) is 29.1. The Balaban J connectivity index is 1.51. The fourth-order valence-corrected chi connectivity index (χ4v) is 7.29. The van der Waals surface area contributed by atoms with Gasteiger partial charge >= 0.3 is 11.8 Å². The fraction of sp³-hybridized carbons (Fsp3) is 0.174. The smallest absolute Gasteiger partial charge is 0.309 e. The van der Waals surface area contributed by atoms with Crippen molar-refractivity contribution < 1.29 is 38.7 Å². The summed E-state index contributed by atoms with van der Waals surface area (Å²) < 4.78 is 23.0. The summed E-state index contributed by atoms with van der Waals surface area (Å²) in [6.45, 7) is 0. The second-order valence-electron chi connectivity index (χ2n) is 13.0. The van der Waals surface area contributed by atoms with E-state index in [1.165, 1.54) is 28.4 Å². The van der Waals surface area contributed by atoms with Gasteiger partial charge in [-0.15, -0.1) is 0 Å². The lowest BCUT2D eigenvalue weighted by molar-refractivity contribution is -0.142. The number of benzene rings is 6. The van der Waals surface area contributed by atoms with Gasteiger partial charge in [0, 0.05) is 22.3 Å². The highest BCUT2D eigenvalue weighted by Crippen LogP contribution is 2.49. The summed E-state index contributed by atoms with van der Waals surface area (Å²) in [6, 6.07) is 42.7. The van der Waals surface area contributed by atoms with Crippen molar-refractivity contribution in [2.75, 3.05) is 28.4 Å². The molecule has 6 aromatic rings. The molecular weight excluding hydrogens is 709 g/mol. The summed E-state index contributed by atoms with van der Waals surface area (Å²) in [5.74, 6) is -0.839. The highest BCUT2D eigenvalue weighted by Gasteiger charge is 2.49. The maximum Gasteiger partial charge on any atom is 0.309 e. The Hall–Kier alpha value is -6.62. The second-order valence-corrected chi connectivity index (χ2v) is 13.0. The minimum absolute atomic E-state index is 0.311. The second kappa shape index (κ2) is 17.2. The summed E-state index contributed by atoms with van der Waals surface area (Å²) in [7, 11) is 5.94. The lowest BCUT2D eigenvalue weighted by Crippen LogP contribution is -2.52. The molecular formula is C46H44N2O8. The third kappa shape index (κ3) is 7.40. The van der Waals surface area contributed by atoms with Gasteiger partial charge in [0.2, 0.25) is 0 Å². The van der Waals surface area contributed by atoms with Crippen LogP contribution in [0, 0.1) is 0 Å². The first-order valence-electron chi connectivity index (χ1n) is 17.9. The zero-order valence-electron chi connectivity index (χ0n) is 31.5. The molecule has 56 heavy (non-hydrogen) atoms. The Morgan fingerprint density at radius 1 is 0.411 bits per heavy atom. The molecule has 0 aliphatic heterocycles. The predicted octanol–water partition coefficient (Wildman–Crippen LogP) is 6.61. The van der Waals surface area contributed by atoms with E-state index >= 15 is 0 Å². The zero-order valence-corrected chi connectivity index (χ0v) is 31.5. The average molecular weight is 753 g/mol. The molecule has 0 aliphatic rings. The van der Waals surface area contributed by atoms with Crippen molar-refractivity contribution in [1.29, 1.82) is 0 Å². The number of carbonyl (C=O) groups is 2. The first-order valence-corrected chi connectivity index (χ1v) is 17.9. The molecule has 2 amide bonds. The number of hydrogen-bond donors (Lipinski definition) is 4. The molecule has 6 rings (SSSR count). The molecule has 0 saturated carbocycles. The van der Waals surface area contributed by atoms with Gasteiger partial charge < -0.3 is 39.8 Å². The number of amides is 2. The molecule has 0 aliphatic carbocycles. The van der Waals surface area contributed by atoms with Crippen molar-refractivity contribution in [3.05, 3.63) is 191 Å². The maximum absolute atomic E-state index is 14.5. The lowest BCUT2D eigenvalue weighted by Gasteiger charge is -2.40. The summed E-state index contributed by atoms with van der Waals surface area (Å²) in [6.07, 6.45) is 0. The van der Waals surface area contributed by atoms with E-state index in [9.17, 15) is 19.8 Å². The van der Waals surface area contributed by atoms with Gasteiger partial charge in [0.25, 0.3) is 0 Å². The number of ether oxygens (including phenoxy) is 4. The summed E-state index contributed by atoms with van der Waals surface area (Å²) in [5, 5.41) is 32.2. The van der Waals surface area contributed by atoms with Crippen molar-refractivity contribution in [3.8, 4) is 23.0 Å². The van der Waals surface area contributed by atoms with Crippen LogP contribution in [0.3, 0.4) is 0 Å². The molecule has 286 valence electrons. The number of para-hydroxylation sites is 4. The molecule has 0 aromatic heterocycles. The Morgan fingerprint density at radius 2 is 0.643 bits per heavy atom. The van der Waals surface area contributed by atoms with Crippen molar-refractivity contribution in [1.82, 2.24) is 10.6 Å². The number of rotatable bonds is 14. The van der Waals surface area contributed by atoms with Gasteiger partial charge in [-0.2, -0.15) is 0 Å². The molecule has 0 spiro atoms. The van der Waals surface area contributed by atoms with Crippen LogP contribution < -0.4 is 29.6 Å². The highest BCUT2D eigenvalue weighted by atomic mass is 16.5. The average Bonchev–Trinajstić information content (AvgIpc) is 3.27. The molecule has 10 heteroatoms. The van der Waals surface area contributed by atoms with Gasteiger partial charge in [0.05, 0.1) is 40.5 Å². The molecule has 2 atom stereocenters. The van der Waals surface area contributed by atoms with Gasteiger partial charge in [-0.3, -0.25) is 9.59 Å². The third-order valence-corrected chi connectivity index (χ3v) is 9.93. The standard InChI is InChI=1S/C46H44N2O8/c1-53-37-27-15-11-23-33(37)45(51,34-24-12-16-28-38(34)54-2)41(31-19-7-5-8-20-31)47-43(49)44(50)48-42(32-21-9-6-10-22-32)46(52,35-25-13-17-29-39(35)55-3)36-26-14-18-30-40(36)56-4/h5-30,41-42,51-52H,1-4H3,(H,47,49)(H,48,50)/t41-,42-/m1/s1. The van der Waals surface area contributed by atoms with Crippen LogP contribution in [0.5, 0.6) is 23.0 Å². The topological polar surface area (TPSA) is 136 Å². The molecule has 0 heterocycles. The van der Waals surface area contributed by atoms with E-state index in [0.717, 1.165) is 0 Å². The molecule has 4 N–H and O–H groups in total. The number of nitrogens with one attached hydrogen (secondary N) is 2. The number of hydrogen-bond acceptors (Lipinski definition) is 8. The van der Waals surface area contributed by atoms with E-state index in [4.69, 9.17) is 18.9 Å². The molecule has 0 fully saturated rings. The number of methoxy groups -OCH3 is 4. The van der Waals surface area contributed by atoms with Gasteiger partial charge in [-0.05, 0) is 35.4 Å². The minimum atomic E-state index is -2.06. The number of aliphatic hydroxyl groups is 2. The van der Waals surface area contributed by atoms with E-state index in [1.54, 1.807) is 158 Å². The SMILES string of the molecule is COc1ccccc1C(O)(c1ccccc1OC)[C@H](NC(=O)C(=O)N[C@H](c1ccccc1)C(O)(c1ccccc1OC)c1ccccc1OC)c1ccccc1. The molecule has 0 radical (unpaired) electrons. The third-order valence-electron chi connectivity index (χ3n) is 9.93. The van der Waals surface area contributed by atoms with Crippen LogP contribution in [-0.4, -0.2) is 50.5 Å². The van der Waals surface area contributed by atoms with Crippen LogP contribution in [0.25, 0.3) is 0 Å². The first-order chi connectivity index (χ1) is 27.2. The fourth-order valence-electron chi connectivity index (χ4n) is 7.29. The van der Waals surface area contributed by atoms with E-state index in [1.807, 2.05) is 0 Å². The maximum atomic E-state index is 14.5. The van der Waals surface area contributed by atoms with Crippen molar-refractivity contribution in [2.45, 2.75) is 23.3 Å². The van der Waals surface area contributed by atoms with Gasteiger partial charge in [-0.1, -0.05) is 133 Å². The molecule has 0 saturated heterocycles. The van der Waals surface area contributed by atoms with Crippen LogP contribution in [-0.2, 0) is 20.8 Å². The van der Waals surface area contributed by atoms with Crippen molar-refractivity contribution in [2.24, 2.45) is 0 Å². The zero-order chi connectivity index (χ0) is 39.7. The van der Waals surface area contributed by atoms with E-state index < -0.39 is 35.1 Å². The van der Waals surface area contributed by atoms with Gasteiger partial charge in [0.15, 0.2) is 0 Å². The highest BCUT2D eigenvalue weighted by molar-refractivity contribution is 6.35. The van der Waals surface area contributed by atoms with E-state index in [2.05, 4.69) is 10.6 Å². The number of carbonyl (C=O) groups excluding carboxylic acids is 2. The summed E-state index contributed by atoms with van der Waals surface area (Å²) >= 11 is 0. The normalized spacial score (nSPS) is 12.5.